The van der Waals surface area contributed by atoms with Crippen LogP contribution in [-0.4, -0.2) is 34.0 Å². The van der Waals surface area contributed by atoms with Gasteiger partial charge in [-0.1, -0.05) is 13.8 Å². The van der Waals surface area contributed by atoms with Crippen molar-refractivity contribution in [2.24, 2.45) is 5.92 Å². The van der Waals surface area contributed by atoms with Crippen LogP contribution in [0.5, 0.6) is 0 Å². The zero-order valence-corrected chi connectivity index (χ0v) is 11.6. The molecule has 1 N–H and O–H groups in total. The van der Waals surface area contributed by atoms with Crippen molar-refractivity contribution in [2.45, 2.75) is 59.4 Å². The Bertz CT molecular complexity index is 264. The molecule has 0 radical (unpaired) electrons. The minimum atomic E-state index is -0.864. The summed E-state index contributed by atoms with van der Waals surface area (Å²) in [7, 11) is 0. The van der Waals surface area contributed by atoms with Crippen LogP contribution in [0.25, 0.3) is 0 Å². The van der Waals surface area contributed by atoms with Crippen molar-refractivity contribution in [1.29, 1.82) is 0 Å². The summed E-state index contributed by atoms with van der Waals surface area (Å²) in [6, 6.07) is 0. The SMILES string of the molecule is CCC(CC)C(=O)N(CCC(=O)O)C(C)(C)C. The Morgan fingerprint density at radius 2 is 1.65 bits per heavy atom. The minimum Gasteiger partial charge on any atom is -0.481 e. The number of amides is 1. The van der Waals surface area contributed by atoms with E-state index in [-0.39, 0.29) is 30.3 Å². The molecule has 100 valence electrons. The number of hydrogen-bond acceptors (Lipinski definition) is 2. The Hall–Kier alpha value is -1.06. The first-order valence-electron chi connectivity index (χ1n) is 6.27. The topological polar surface area (TPSA) is 57.6 Å². The third-order valence-corrected chi connectivity index (χ3v) is 2.96. The van der Waals surface area contributed by atoms with Crippen molar-refractivity contribution in [1.82, 2.24) is 4.90 Å². The molecular formula is C13H25NO3. The van der Waals surface area contributed by atoms with Crippen LogP contribution in [0.3, 0.4) is 0 Å². The summed E-state index contributed by atoms with van der Waals surface area (Å²) < 4.78 is 0. The summed E-state index contributed by atoms with van der Waals surface area (Å²) in [6.07, 6.45) is 1.60. The van der Waals surface area contributed by atoms with Gasteiger partial charge in [0.2, 0.25) is 5.91 Å². The lowest BCUT2D eigenvalue weighted by Gasteiger charge is -2.37. The van der Waals surface area contributed by atoms with E-state index in [2.05, 4.69) is 0 Å². The number of rotatable bonds is 6. The van der Waals surface area contributed by atoms with E-state index in [1.165, 1.54) is 0 Å². The molecule has 0 heterocycles. The molecule has 0 saturated heterocycles. The number of carboxylic acids is 1. The molecule has 0 aliphatic heterocycles. The lowest BCUT2D eigenvalue weighted by Crippen LogP contribution is -2.49. The first-order valence-corrected chi connectivity index (χ1v) is 6.27. The fraction of sp³-hybridized carbons (Fsp3) is 0.846. The van der Waals surface area contributed by atoms with Gasteiger partial charge in [-0.25, -0.2) is 0 Å². The van der Waals surface area contributed by atoms with Gasteiger partial charge in [0, 0.05) is 18.0 Å². The van der Waals surface area contributed by atoms with Crippen LogP contribution in [-0.2, 0) is 9.59 Å². The van der Waals surface area contributed by atoms with Gasteiger partial charge in [0.1, 0.15) is 0 Å². The second kappa shape index (κ2) is 6.62. The average Bonchev–Trinajstić information content (AvgIpc) is 2.17. The van der Waals surface area contributed by atoms with E-state index >= 15 is 0 Å². The number of carboxylic acid groups (broad SMARTS) is 1. The monoisotopic (exact) mass is 243 g/mol. The first-order chi connectivity index (χ1) is 7.73. The van der Waals surface area contributed by atoms with Gasteiger partial charge in [-0.15, -0.1) is 0 Å². The van der Waals surface area contributed by atoms with E-state index in [0.29, 0.717) is 0 Å². The van der Waals surface area contributed by atoms with Gasteiger partial charge in [0.15, 0.2) is 0 Å². The molecule has 0 aromatic rings. The van der Waals surface area contributed by atoms with Gasteiger partial charge < -0.3 is 10.0 Å². The third-order valence-electron chi connectivity index (χ3n) is 2.96. The van der Waals surface area contributed by atoms with E-state index in [9.17, 15) is 9.59 Å². The summed E-state index contributed by atoms with van der Waals surface area (Å²) >= 11 is 0. The molecule has 0 aromatic carbocycles. The minimum absolute atomic E-state index is 0.00280. The van der Waals surface area contributed by atoms with E-state index in [1.807, 2.05) is 34.6 Å². The highest BCUT2D eigenvalue weighted by Crippen LogP contribution is 2.20. The average molecular weight is 243 g/mol. The maximum atomic E-state index is 12.3. The zero-order chi connectivity index (χ0) is 13.6. The first kappa shape index (κ1) is 15.9. The van der Waals surface area contributed by atoms with E-state index in [1.54, 1.807) is 4.90 Å². The summed E-state index contributed by atoms with van der Waals surface area (Å²) in [5.41, 5.74) is -0.324. The van der Waals surface area contributed by atoms with Crippen LogP contribution in [0.2, 0.25) is 0 Å². The summed E-state index contributed by atoms with van der Waals surface area (Å²) in [6.45, 7) is 10.1. The Balaban J connectivity index is 4.80. The molecule has 0 rings (SSSR count). The number of nitrogens with zero attached hydrogens (tertiary/aromatic N) is 1. The Morgan fingerprint density at radius 3 is 1.94 bits per heavy atom. The van der Waals surface area contributed by atoms with E-state index in [4.69, 9.17) is 5.11 Å². The lowest BCUT2D eigenvalue weighted by atomic mass is 9.97. The van der Waals surface area contributed by atoms with Gasteiger partial charge in [0.25, 0.3) is 0 Å². The smallest absolute Gasteiger partial charge is 0.305 e. The van der Waals surface area contributed by atoms with Crippen LogP contribution in [0.1, 0.15) is 53.9 Å². The second-order valence-corrected chi connectivity index (χ2v) is 5.32. The number of hydrogen-bond donors (Lipinski definition) is 1. The van der Waals surface area contributed by atoms with Gasteiger partial charge >= 0.3 is 5.97 Å². The molecule has 1 amide bonds. The Labute approximate surface area is 104 Å². The van der Waals surface area contributed by atoms with Gasteiger partial charge in [-0.3, -0.25) is 9.59 Å². The van der Waals surface area contributed by atoms with Crippen LogP contribution in [0, 0.1) is 5.92 Å². The van der Waals surface area contributed by atoms with Crippen LogP contribution in [0.4, 0.5) is 0 Å². The fourth-order valence-corrected chi connectivity index (χ4v) is 1.84. The maximum absolute atomic E-state index is 12.3. The number of carbonyl (C=O) groups excluding carboxylic acids is 1. The highest BCUT2D eigenvalue weighted by atomic mass is 16.4. The molecule has 0 bridgehead atoms. The van der Waals surface area contributed by atoms with Crippen molar-refractivity contribution in [2.75, 3.05) is 6.54 Å². The lowest BCUT2D eigenvalue weighted by molar-refractivity contribution is -0.143. The highest BCUT2D eigenvalue weighted by Gasteiger charge is 2.30. The molecule has 0 aliphatic carbocycles. The predicted octanol–water partition coefficient (Wildman–Crippen LogP) is 2.52. The molecule has 0 atom stereocenters. The van der Waals surface area contributed by atoms with Gasteiger partial charge in [-0.2, -0.15) is 0 Å². The molecule has 0 aromatic heterocycles. The molecule has 0 aliphatic rings. The summed E-state index contributed by atoms with van der Waals surface area (Å²) in [5, 5.41) is 8.72. The molecular weight excluding hydrogens is 218 g/mol. The van der Waals surface area contributed by atoms with Gasteiger partial charge in [-0.05, 0) is 33.6 Å². The van der Waals surface area contributed by atoms with E-state index in [0.717, 1.165) is 12.8 Å². The van der Waals surface area contributed by atoms with Crippen molar-refractivity contribution >= 4 is 11.9 Å². The molecule has 0 unspecified atom stereocenters. The molecule has 0 fully saturated rings. The van der Waals surface area contributed by atoms with Crippen molar-refractivity contribution in [3.63, 3.8) is 0 Å². The third kappa shape index (κ3) is 5.20. The Kier molecular flexibility index (Phi) is 6.21. The van der Waals surface area contributed by atoms with Gasteiger partial charge in [0.05, 0.1) is 6.42 Å². The zero-order valence-electron chi connectivity index (χ0n) is 11.6. The summed E-state index contributed by atoms with van der Waals surface area (Å²) in [5.74, 6) is -0.789. The van der Waals surface area contributed by atoms with Crippen molar-refractivity contribution < 1.29 is 14.7 Å². The van der Waals surface area contributed by atoms with E-state index < -0.39 is 5.97 Å². The molecule has 0 spiro atoms. The molecule has 4 heteroatoms. The van der Waals surface area contributed by atoms with Crippen LogP contribution in [0.15, 0.2) is 0 Å². The standard InChI is InChI=1S/C13H25NO3/c1-6-10(7-2)12(17)14(13(3,4)5)9-8-11(15)16/h10H,6-9H2,1-5H3,(H,15,16). The molecule has 17 heavy (non-hydrogen) atoms. The summed E-state index contributed by atoms with van der Waals surface area (Å²) in [4.78, 5) is 24.6. The second-order valence-electron chi connectivity index (χ2n) is 5.32. The molecule has 0 saturated carbocycles. The van der Waals surface area contributed by atoms with Crippen molar-refractivity contribution in [3.05, 3.63) is 0 Å². The predicted molar refractivity (Wildman–Crippen MR) is 67.8 cm³/mol. The Morgan fingerprint density at radius 1 is 1.18 bits per heavy atom. The van der Waals surface area contributed by atoms with Crippen molar-refractivity contribution in [3.8, 4) is 0 Å². The number of carbonyl (C=O) groups is 2. The molecule has 4 nitrogen and oxygen atoms in total. The largest absolute Gasteiger partial charge is 0.481 e. The van der Waals surface area contributed by atoms with Crippen LogP contribution >= 0.6 is 0 Å². The normalized spacial score (nSPS) is 11.6. The fourth-order valence-electron chi connectivity index (χ4n) is 1.84. The maximum Gasteiger partial charge on any atom is 0.305 e. The van der Waals surface area contributed by atoms with Crippen LogP contribution < -0.4 is 0 Å². The highest BCUT2D eigenvalue weighted by molar-refractivity contribution is 5.80. The quantitative estimate of drug-likeness (QED) is 0.780. The number of aliphatic carboxylic acids is 1.